The van der Waals surface area contributed by atoms with Crippen molar-refractivity contribution in [2.75, 3.05) is 17.2 Å². The van der Waals surface area contributed by atoms with Crippen LogP contribution in [0.4, 0.5) is 11.4 Å². The van der Waals surface area contributed by atoms with E-state index in [1.165, 1.54) is 19.3 Å². The van der Waals surface area contributed by atoms with Gasteiger partial charge in [-0.15, -0.1) is 0 Å². The summed E-state index contributed by atoms with van der Waals surface area (Å²) in [6.45, 7) is 5.17. The summed E-state index contributed by atoms with van der Waals surface area (Å²) in [5.74, 6) is -0.0765. The van der Waals surface area contributed by atoms with Gasteiger partial charge in [-0.3, -0.25) is 4.79 Å². The molecule has 0 fully saturated rings. The van der Waals surface area contributed by atoms with Crippen molar-refractivity contribution in [3.05, 3.63) is 59.7 Å². The summed E-state index contributed by atoms with van der Waals surface area (Å²) >= 11 is 0. The van der Waals surface area contributed by atoms with Crippen LogP contribution in [0.2, 0.25) is 0 Å². The molecular weight excluding hydrogens is 272 g/mol. The van der Waals surface area contributed by atoms with Crippen LogP contribution in [-0.4, -0.2) is 12.5 Å². The molecule has 0 aliphatic carbocycles. The average molecular weight is 296 g/mol. The Kier molecular flexibility index (Phi) is 6.01. The maximum atomic E-state index is 12.2. The SMILES string of the molecule is CCCCCNc1ccc(NC(=O)c2cccc(C)c2)cc1. The molecule has 116 valence electrons. The van der Waals surface area contributed by atoms with E-state index in [9.17, 15) is 4.79 Å². The van der Waals surface area contributed by atoms with E-state index in [2.05, 4.69) is 17.6 Å². The zero-order valence-corrected chi connectivity index (χ0v) is 13.4. The van der Waals surface area contributed by atoms with Gasteiger partial charge in [-0.1, -0.05) is 37.5 Å². The molecule has 0 atom stereocenters. The van der Waals surface area contributed by atoms with Crippen molar-refractivity contribution in [3.8, 4) is 0 Å². The lowest BCUT2D eigenvalue weighted by molar-refractivity contribution is 0.102. The Balaban J connectivity index is 1.89. The van der Waals surface area contributed by atoms with Crippen LogP contribution < -0.4 is 10.6 Å². The van der Waals surface area contributed by atoms with E-state index in [0.717, 1.165) is 23.5 Å². The number of carbonyl (C=O) groups is 1. The van der Waals surface area contributed by atoms with Gasteiger partial charge in [-0.25, -0.2) is 0 Å². The zero-order valence-electron chi connectivity index (χ0n) is 13.4. The number of nitrogens with one attached hydrogen (secondary N) is 2. The van der Waals surface area contributed by atoms with Gasteiger partial charge in [0.25, 0.3) is 5.91 Å². The van der Waals surface area contributed by atoms with E-state index in [4.69, 9.17) is 0 Å². The monoisotopic (exact) mass is 296 g/mol. The summed E-state index contributed by atoms with van der Waals surface area (Å²) in [6.07, 6.45) is 3.66. The van der Waals surface area contributed by atoms with Crippen molar-refractivity contribution in [2.45, 2.75) is 33.1 Å². The normalized spacial score (nSPS) is 10.3. The first kappa shape index (κ1) is 16.1. The summed E-state index contributed by atoms with van der Waals surface area (Å²) in [5.41, 5.74) is 3.66. The molecular formula is C19H24N2O. The molecule has 2 aromatic carbocycles. The highest BCUT2D eigenvalue weighted by atomic mass is 16.1. The van der Waals surface area contributed by atoms with Gasteiger partial charge < -0.3 is 10.6 Å². The van der Waals surface area contributed by atoms with Crippen LogP contribution in [0.25, 0.3) is 0 Å². The van der Waals surface area contributed by atoms with Crippen molar-refractivity contribution in [1.82, 2.24) is 0 Å². The predicted octanol–water partition coefficient (Wildman–Crippen LogP) is 4.85. The predicted molar refractivity (Wildman–Crippen MR) is 93.6 cm³/mol. The molecule has 3 nitrogen and oxygen atoms in total. The largest absolute Gasteiger partial charge is 0.385 e. The fourth-order valence-corrected chi connectivity index (χ4v) is 2.27. The van der Waals surface area contributed by atoms with Crippen LogP contribution in [-0.2, 0) is 0 Å². The van der Waals surface area contributed by atoms with E-state index in [0.29, 0.717) is 5.56 Å². The highest BCUT2D eigenvalue weighted by molar-refractivity contribution is 6.04. The van der Waals surface area contributed by atoms with Gasteiger partial charge in [-0.05, 0) is 49.7 Å². The Morgan fingerprint density at radius 3 is 2.41 bits per heavy atom. The van der Waals surface area contributed by atoms with Gasteiger partial charge in [-0.2, -0.15) is 0 Å². The highest BCUT2D eigenvalue weighted by Gasteiger charge is 2.05. The summed E-state index contributed by atoms with van der Waals surface area (Å²) in [4.78, 5) is 12.2. The van der Waals surface area contributed by atoms with E-state index >= 15 is 0 Å². The molecule has 0 unspecified atom stereocenters. The van der Waals surface area contributed by atoms with Crippen LogP contribution in [0.15, 0.2) is 48.5 Å². The first-order chi connectivity index (χ1) is 10.7. The number of rotatable bonds is 7. The lowest BCUT2D eigenvalue weighted by Gasteiger charge is -2.09. The molecule has 0 saturated heterocycles. The Labute approximate surface area is 132 Å². The van der Waals surface area contributed by atoms with Crippen molar-refractivity contribution in [3.63, 3.8) is 0 Å². The Hall–Kier alpha value is -2.29. The number of hydrogen-bond donors (Lipinski definition) is 2. The fraction of sp³-hybridized carbons (Fsp3) is 0.316. The smallest absolute Gasteiger partial charge is 0.255 e. The second-order valence-corrected chi connectivity index (χ2v) is 5.53. The topological polar surface area (TPSA) is 41.1 Å². The number of anilines is 2. The number of unbranched alkanes of at least 4 members (excludes halogenated alkanes) is 2. The Bertz CT molecular complexity index is 605. The molecule has 2 aromatic rings. The first-order valence-corrected chi connectivity index (χ1v) is 7.91. The molecule has 0 spiro atoms. The average Bonchev–Trinajstić information content (AvgIpc) is 2.53. The molecule has 3 heteroatoms. The molecule has 0 saturated carbocycles. The molecule has 0 aliphatic rings. The number of benzene rings is 2. The summed E-state index contributed by atoms with van der Waals surface area (Å²) in [7, 11) is 0. The second-order valence-electron chi connectivity index (χ2n) is 5.53. The van der Waals surface area contributed by atoms with Crippen LogP contribution in [0.1, 0.15) is 42.1 Å². The Morgan fingerprint density at radius 2 is 1.73 bits per heavy atom. The molecule has 0 heterocycles. The summed E-state index contributed by atoms with van der Waals surface area (Å²) in [6, 6.07) is 15.4. The second kappa shape index (κ2) is 8.23. The van der Waals surface area contributed by atoms with Crippen LogP contribution in [0.5, 0.6) is 0 Å². The maximum Gasteiger partial charge on any atom is 0.255 e. The third kappa shape index (κ3) is 4.92. The van der Waals surface area contributed by atoms with Gasteiger partial charge in [0.15, 0.2) is 0 Å². The van der Waals surface area contributed by atoms with Crippen LogP contribution in [0, 0.1) is 6.92 Å². The molecule has 0 aliphatic heterocycles. The van der Waals surface area contributed by atoms with Gasteiger partial charge >= 0.3 is 0 Å². The number of amides is 1. The van der Waals surface area contributed by atoms with E-state index in [-0.39, 0.29) is 5.91 Å². The molecule has 0 bridgehead atoms. The number of aryl methyl sites for hydroxylation is 1. The lowest BCUT2D eigenvalue weighted by Crippen LogP contribution is -2.12. The van der Waals surface area contributed by atoms with E-state index in [1.807, 2.05) is 55.5 Å². The third-order valence-corrected chi connectivity index (χ3v) is 3.53. The molecule has 2 N–H and O–H groups in total. The lowest BCUT2D eigenvalue weighted by atomic mass is 10.1. The highest BCUT2D eigenvalue weighted by Crippen LogP contribution is 2.15. The van der Waals surface area contributed by atoms with Gasteiger partial charge in [0.2, 0.25) is 0 Å². The first-order valence-electron chi connectivity index (χ1n) is 7.91. The van der Waals surface area contributed by atoms with Crippen molar-refractivity contribution >= 4 is 17.3 Å². The summed E-state index contributed by atoms with van der Waals surface area (Å²) in [5, 5.41) is 6.31. The minimum absolute atomic E-state index is 0.0765. The Morgan fingerprint density at radius 1 is 1.00 bits per heavy atom. The van der Waals surface area contributed by atoms with Crippen molar-refractivity contribution < 1.29 is 4.79 Å². The minimum atomic E-state index is -0.0765. The van der Waals surface area contributed by atoms with Gasteiger partial charge in [0.1, 0.15) is 0 Å². The zero-order chi connectivity index (χ0) is 15.8. The fourth-order valence-electron chi connectivity index (χ4n) is 2.27. The van der Waals surface area contributed by atoms with E-state index < -0.39 is 0 Å². The molecule has 2 rings (SSSR count). The minimum Gasteiger partial charge on any atom is -0.385 e. The number of hydrogen-bond acceptors (Lipinski definition) is 2. The van der Waals surface area contributed by atoms with Crippen LogP contribution >= 0.6 is 0 Å². The van der Waals surface area contributed by atoms with Gasteiger partial charge in [0, 0.05) is 23.5 Å². The van der Waals surface area contributed by atoms with Crippen molar-refractivity contribution in [1.29, 1.82) is 0 Å². The van der Waals surface area contributed by atoms with Crippen LogP contribution in [0.3, 0.4) is 0 Å². The van der Waals surface area contributed by atoms with Gasteiger partial charge in [0.05, 0.1) is 0 Å². The summed E-state index contributed by atoms with van der Waals surface area (Å²) < 4.78 is 0. The molecule has 0 radical (unpaired) electrons. The molecule has 0 aromatic heterocycles. The number of carbonyl (C=O) groups excluding carboxylic acids is 1. The standard InChI is InChI=1S/C19H24N2O/c1-3-4-5-13-20-17-9-11-18(12-10-17)21-19(22)16-8-6-7-15(2)14-16/h6-12,14,20H,3-5,13H2,1-2H3,(H,21,22). The maximum absolute atomic E-state index is 12.2. The quantitative estimate of drug-likeness (QED) is 0.717. The molecule has 22 heavy (non-hydrogen) atoms. The molecule has 1 amide bonds. The van der Waals surface area contributed by atoms with E-state index in [1.54, 1.807) is 0 Å². The third-order valence-electron chi connectivity index (χ3n) is 3.53. The van der Waals surface area contributed by atoms with Crippen molar-refractivity contribution in [2.24, 2.45) is 0 Å².